The Kier molecular flexibility index (Phi) is 3.89. The van der Waals surface area contributed by atoms with Crippen LogP contribution < -0.4 is 5.32 Å². The Morgan fingerprint density at radius 1 is 1.43 bits per heavy atom. The van der Waals surface area contributed by atoms with Crippen molar-refractivity contribution in [2.45, 2.75) is 13.0 Å². The molecule has 0 saturated heterocycles. The van der Waals surface area contributed by atoms with Crippen LogP contribution in [0.15, 0.2) is 18.2 Å². The first-order valence-corrected chi connectivity index (χ1v) is 4.28. The molecule has 0 fully saturated rings. The Morgan fingerprint density at radius 2 is 2.21 bits per heavy atom. The fraction of sp³-hybridized carbons (Fsp3) is 0.300. The van der Waals surface area contributed by atoms with Crippen molar-refractivity contribution in [1.82, 2.24) is 5.32 Å². The van der Waals surface area contributed by atoms with E-state index in [9.17, 15) is 4.39 Å². The topological polar surface area (TPSA) is 56.0 Å². The molecule has 0 saturated carbocycles. The van der Waals surface area contributed by atoms with Crippen molar-refractivity contribution < 1.29 is 9.50 Å². The fourth-order valence-corrected chi connectivity index (χ4v) is 1.11. The molecule has 0 aromatic heterocycles. The zero-order chi connectivity index (χ0) is 10.4. The molecule has 0 unspecified atom stereocenters. The number of halogens is 1. The van der Waals surface area contributed by atoms with E-state index in [1.54, 1.807) is 0 Å². The first-order chi connectivity index (χ1) is 6.72. The lowest BCUT2D eigenvalue weighted by Gasteiger charge is -2.03. The minimum absolute atomic E-state index is 0.0814. The fourth-order valence-electron chi connectivity index (χ4n) is 1.11. The SMILES string of the molecule is N#CCCNCc1cc(O)cc(F)c1. The van der Waals surface area contributed by atoms with Crippen LogP contribution in [0, 0.1) is 17.1 Å². The van der Waals surface area contributed by atoms with Gasteiger partial charge in [0.15, 0.2) is 0 Å². The second-order valence-corrected chi connectivity index (χ2v) is 2.90. The van der Waals surface area contributed by atoms with Gasteiger partial charge < -0.3 is 10.4 Å². The van der Waals surface area contributed by atoms with Gasteiger partial charge in [-0.05, 0) is 17.7 Å². The Hall–Kier alpha value is -1.60. The van der Waals surface area contributed by atoms with Crippen molar-refractivity contribution in [2.75, 3.05) is 6.54 Å². The van der Waals surface area contributed by atoms with Crippen LogP contribution in [-0.4, -0.2) is 11.7 Å². The van der Waals surface area contributed by atoms with Crippen molar-refractivity contribution in [2.24, 2.45) is 0 Å². The van der Waals surface area contributed by atoms with Gasteiger partial charge in [-0.2, -0.15) is 5.26 Å². The molecule has 74 valence electrons. The van der Waals surface area contributed by atoms with Crippen LogP contribution in [0.4, 0.5) is 4.39 Å². The van der Waals surface area contributed by atoms with E-state index in [4.69, 9.17) is 10.4 Å². The molecule has 0 spiro atoms. The molecule has 2 N–H and O–H groups in total. The van der Waals surface area contributed by atoms with Gasteiger partial charge in [-0.25, -0.2) is 4.39 Å². The van der Waals surface area contributed by atoms with Crippen molar-refractivity contribution in [1.29, 1.82) is 5.26 Å². The summed E-state index contributed by atoms with van der Waals surface area (Å²) in [7, 11) is 0. The quantitative estimate of drug-likeness (QED) is 0.715. The highest BCUT2D eigenvalue weighted by Gasteiger charge is 1.98. The van der Waals surface area contributed by atoms with E-state index in [1.807, 2.05) is 6.07 Å². The molecule has 0 atom stereocenters. The summed E-state index contributed by atoms with van der Waals surface area (Å²) in [5.74, 6) is -0.538. The van der Waals surface area contributed by atoms with Crippen LogP contribution in [0.25, 0.3) is 0 Å². The van der Waals surface area contributed by atoms with E-state index in [-0.39, 0.29) is 5.75 Å². The highest BCUT2D eigenvalue weighted by molar-refractivity contribution is 5.28. The van der Waals surface area contributed by atoms with E-state index < -0.39 is 5.82 Å². The zero-order valence-electron chi connectivity index (χ0n) is 7.63. The van der Waals surface area contributed by atoms with Gasteiger partial charge in [0, 0.05) is 25.6 Å². The van der Waals surface area contributed by atoms with Gasteiger partial charge in [0.2, 0.25) is 0 Å². The molecule has 0 radical (unpaired) electrons. The second kappa shape index (κ2) is 5.20. The number of phenols is 1. The molecule has 14 heavy (non-hydrogen) atoms. The number of benzene rings is 1. The van der Waals surface area contributed by atoms with Crippen LogP contribution in [0.5, 0.6) is 5.75 Å². The summed E-state index contributed by atoms with van der Waals surface area (Å²) in [6, 6.07) is 5.88. The highest BCUT2D eigenvalue weighted by Crippen LogP contribution is 2.14. The maximum absolute atomic E-state index is 12.8. The molecular formula is C10H11FN2O. The minimum Gasteiger partial charge on any atom is -0.508 e. The monoisotopic (exact) mass is 194 g/mol. The summed E-state index contributed by atoms with van der Waals surface area (Å²) in [6.45, 7) is 1.01. The Morgan fingerprint density at radius 3 is 2.86 bits per heavy atom. The zero-order valence-corrected chi connectivity index (χ0v) is 7.63. The Bertz CT molecular complexity index is 326. The van der Waals surface area contributed by atoms with Crippen LogP contribution in [0.1, 0.15) is 12.0 Å². The number of nitrogens with one attached hydrogen (secondary N) is 1. The first-order valence-electron chi connectivity index (χ1n) is 4.28. The van der Waals surface area contributed by atoms with Gasteiger partial charge in [0.25, 0.3) is 0 Å². The average molecular weight is 194 g/mol. The maximum Gasteiger partial charge on any atom is 0.127 e. The van der Waals surface area contributed by atoms with E-state index in [2.05, 4.69) is 5.32 Å². The Labute approximate surface area is 81.8 Å². The van der Waals surface area contributed by atoms with Gasteiger partial charge >= 0.3 is 0 Å². The van der Waals surface area contributed by atoms with Gasteiger partial charge in [0.05, 0.1) is 6.07 Å². The molecule has 0 heterocycles. The van der Waals surface area contributed by atoms with Crippen molar-refractivity contribution in [3.05, 3.63) is 29.6 Å². The molecule has 1 aromatic carbocycles. The summed E-state index contributed by atoms with van der Waals surface area (Å²) in [4.78, 5) is 0. The van der Waals surface area contributed by atoms with Crippen LogP contribution >= 0.6 is 0 Å². The normalized spacial score (nSPS) is 9.71. The largest absolute Gasteiger partial charge is 0.508 e. The van der Waals surface area contributed by atoms with E-state index in [1.165, 1.54) is 12.1 Å². The standard InChI is InChI=1S/C10H11FN2O/c11-9-4-8(5-10(14)6-9)7-13-3-1-2-12/h4-6,13-14H,1,3,7H2. The number of hydrogen-bond acceptors (Lipinski definition) is 3. The molecule has 0 aliphatic carbocycles. The van der Waals surface area contributed by atoms with Crippen molar-refractivity contribution in [3.8, 4) is 11.8 Å². The summed E-state index contributed by atoms with van der Waals surface area (Å²) in [5, 5.41) is 20.3. The molecule has 0 bridgehead atoms. The van der Waals surface area contributed by atoms with Crippen LogP contribution in [-0.2, 0) is 6.54 Å². The summed E-state index contributed by atoms with van der Waals surface area (Å²) in [5.41, 5.74) is 0.667. The van der Waals surface area contributed by atoms with E-state index in [0.717, 1.165) is 6.07 Å². The third kappa shape index (κ3) is 3.42. The van der Waals surface area contributed by atoms with Gasteiger partial charge in [-0.3, -0.25) is 0 Å². The molecule has 3 nitrogen and oxygen atoms in total. The molecule has 1 aromatic rings. The number of hydrogen-bond donors (Lipinski definition) is 2. The highest BCUT2D eigenvalue weighted by atomic mass is 19.1. The second-order valence-electron chi connectivity index (χ2n) is 2.90. The maximum atomic E-state index is 12.8. The van der Waals surface area contributed by atoms with Crippen LogP contribution in [0.3, 0.4) is 0 Å². The third-order valence-corrected chi connectivity index (χ3v) is 1.69. The smallest absolute Gasteiger partial charge is 0.127 e. The number of nitriles is 1. The summed E-state index contributed by atoms with van der Waals surface area (Å²) >= 11 is 0. The third-order valence-electron chi connectivity index (χ3n) is 1.69. The number of aromatic hydroxyl groups is 1. The van der Waals surface area contributed by atoms with Gasteiger partial charge in [-0.1, -0.05) is 0 Å². The van der Waals surface area contributed by atoms with Gasteiger partial charge in [-0.15, -0.1) is 0 Å². The number of phenolic OH excluding ortho intramolecular Hbond substituents is 1. The summed E-state index contributed by atoms with van der Waals surface area (Å²) < 4.78 is 12.8. The molecule has 0 amide bonds. The Balaban J connectivity index is 2.47. The average Bonchev–Trinajstić information content (AvgIpc) is 2.11. The molecule has 4 heteroatoms. The van der Waals surface area contributed by atoms with Gasteiger partial charge in [0.1, 0.15) is 11.6 Å². The number of nitrogens with zero attached hydrogens (tertiary/aromatic N) is 1. The molecule has 1 rings (SSSR count). The lowest BCUT2D eigenvalue weighted by molar-refractivity contribution is 0.467. The summed E-state index contributed by atoms with van der Waals surface area (Å²) in [6.07, 6.45) is 0.418. The van der Waals surface area contributed by atoms with E-state index in [0.29, 0.717) is 25.1 Å². The number of rotatable bonds is 4. The van der Waals surface area contributed by atoms with Crippen molar-refractivity contribution >= 4 is 0 Å². The predicted molar refractivity (Wildman–Crippen MR) is 50.0 cm³/mol. The molecule has 0 aliphatic rings. The minimum atomic E-state index is -0.456. The molecular weight excluding hydrogens is 183 g/mol. The van der Waals surface area contributed by atoms with E-state index >= 15 is 0 Å². The lowest BCUT2D eigenvalue weighted by atomic mass is 10.2. The lowest BCUT2D eigenvalue weighted by Crippen LogP contribution is -2.14. The van der Waals surface area contributed by atoms with Crippen LogP contribution in [0.2, 0.25) is 0 Å². The first kappa shape index (κ1) is 10.5. The predicted octanol–water partition coefficient (Wildman–Crippen LogP) is 1.53. The van der Waals surface area contributed by atoms with Crippen molar-refractivity contribution in [3.63, 3.8) is 0 Å². The molecule has 0 aliphatic heterocycles.